The van der Waals surface area contributed by atoms with Crippen LogP contribution >= 0.6 is 11.5 Å². The van der Waals surface area contributed by atoms with Gasteiger partial charge >= 0.3 is 0 Å². The molecular weight excluding hydrogens is 224 g/mol. The molecule has 0 aliphatic carbocycles. The van der Waals surface area contributed by atoms with Gasteiger partial charge < -0.3 is 10.1 Å². The van der Waals surface area contributed by atoms with Gasteiger partial charge in [0.15, 0.2) is 0 Å². The second-order valence-corrected chi connectivity index (χ2v) is 4.63. The lowest BCUT2D eigenvalue weighted by Gasteiger charge is -2.26. The van der Waals surface area contributed by atoms with E-state index in [4.69, 9.17) is 4.74 Å². The highest BCUT2D eigenvalue weighted by atomic mass is 32.1. The summed E-state index contributed by atoms with van der Waals surface area (Å²) in [5.74, 6) is 0.848. The van der Waals surface area contributed by atoms with Crippen LogP contribution in [0.25, 0.3) is 0 Å². The highest BCUT2D eigenvalue weighted by Gasteiger charge is 2.09. The molecule has 1 aliphatic rings. The van der Waals surface area contributed by atoms with E-state index in [1.165, 1.54) is 11.5 Å². The third-order valence-corrected chi connectivity index (χ3v) is 3.32. The third kappa shape index (κ3) is 3.70. The van der Waals surface area contributed by atoms with Gasteiger partial charge in [-0.3, -0.25) is 4.90 Å². The van der Waals surface area contributed by atoms with Gasteiger partial charge in [-0.25, -0.2) is 4.98 Å². The predicted molar refractivity (Wildman–Crippen MR) is 65.0 cm³/mol. The van der Waals surface area contributed by atoms with Crippen LogP contribution in [0.5, 0.6) is 0 Å². The van der Waals surface area contributed by atoms with E-state index < -0.39 is 0 Å². The normalized spacial score (nSPS) is 17.6. The molecule has 1 fully saturated rings. The SMILES string of the molecule is Cc1nsc(NCCCN2CCOCC2)n1. The van der Waals surface area contributed by atoms with Crippen LogP contribution in [0, 0.1) is 6.92 Å². The molecule has 1 N–H and O–H groups in total. The van der Waals surface area contributed by atoms with Crippen molar-refractivity contribution in [2.45, 2.75) is 13.3 Å². The molecule has 0 bridgehead atoms. The molecule has 0 radical (unpaired) electrons. The highest BCUT2D eigenvalue weighted by molar-refractivity contribution is 7.09. The first kappa shape index (κ1) is 11.8. The first-order chi connectivity index (χ1) is 7.84. The number of ether oxygens (including phenoxy) is 1. The summed E-state index contributed by atoms with van der Waals surface area (Å²) in [6.45, 7) is 7.90. The maximum Gasteiger partial charge on any atom is 0.202 e. The average Bonchev–Trinajstić information content (AvgIpc) is 2.72. The number of hydrogen-bond acceptors (Lipinski definition) is 6. The Balaban J connectivity index is 1.57. The fourth-order valence-corrected chi connectivity index (χ4v) is 2.29. The molecule has 2 rings (SSSR count). The van der Waals surface area contributed by atoms with Gasteiger partial charge in [0, 0.05) is 31.2 Å². The van der Waals surface area contributed by atoms with Gasteiger partial charge in [-0.15, -0.1) is 0 Å². The van der Waals surface area contributed by atoms with Gasteiger partial charge in [0.1, 0.15) is 5.82 Å². The number of anilines is 1. The van der Waals surface area contributed by atoms with Crippen LogP contribution in [0.3, 0.4) is 0 Å². The van der Waals surface area contributed by atoms with Gasteiger partial charge in [0.05, 0.1) is 13.2 Å². The molecule has 6 heteroatoms. The zero-order chi connectivity index (χ0) is 11.2. The Morgan fingerprint density at radius 2 is 2.25 bits per heavy atom. The van der Waals surface area contributed by atoms with Crippen LogP contribution < -0.4 is 5.32 Å². The minimum atomic E-state index is 0.848. The van der Waals surface area contributed by atoms with Crippen molar-refractivity contribution in [1.82, 2.24) is 14.3 Å². The van der Waals surface area contributed by atoms with E-state index in [0.717, 1.165) is 56.8 Å². The van der Waals surface area contributed by atoms with Gasteiger partial charge in [0.25, 0.3) is 0 Å². The first-order valence-corrected chi connectivity index (χ1v) is 6.46. The molecule has 1 aliphatic heterocycles. The summed E-state index contributed by atoms with van der Waals surface area (Å²) in [4.78, 5) is 6.70. The van der Waals surface area contributed by atoms with Gasteiger partial charge in [-0.1, -0.05) is 0 Å². The fourth-order valence-electron chi connectivity index (χ4n) is 1.69. The molecular formula is C10H18N4OS. The summed E-state index contributed by atoms with van der Waals surface area (Å²) in [5.41, 5.74) is 0. The molecule has 16 heavy (non-hydrogen) atoms. The van der Waals surface area contributed by atoms with Crippen molar-refractivity contribution >= 4 is 16.7 Å². The molecule has 0 unspecified atom stereocenters. The molecule has 0 spiro atoms. The largest absolute Gasteiger partial charge is 0.379 e. The molecule has 1 aromatic heterocycles. The van der Waals surface area contributed by atoms with Crippen LogP contribution in [0.2, 0.25) is 0 Å². The van der Waals surface area contributed by atoms with E-state index in [0.29, 0.717) is 0 Å². The highest BCUT2D eigenvalue weighted by Crippen LogP contribution is 2.09. The topological polar surface area (TPSA) is 50.3 Å². The Hall–Kier alpha value is -0.720. The van der Waals surface area contributed by atoms with Crippen molar-refractivity contribution in [2.24, 2.45) is 0 Å². The molecule has 1 saturated heterocycles. The van der Waals surface area contributed by atoms with Gasteiger partial charge in [0.2, 0.25) is 5.13 Å². The molecule has 90 valence electrons. The van der Waals surface area contributed by atoms with E-state index in [2.05, 4.69) is 19.6 Å². The maximum atomic E-state index is 5.30. The smallest absolute Gasteiger partial charge is 0.202 e. The molecule has 5 nitrogen and oxygen atoms in total. The lowest BCUT2D eigenvalue weighted by molar-refractivity contribution is 0.0378. The van der Waals surface area contributed by atoms with Gasteiger partial charge in [-0.05, 0) is 19.9 Å². The molecule has 0 aromatic carbocycles. The second kappa shape index (κ2) is 6.12. The van der Waals surface area contributed by atoms with Crippen molar-refractivity contribution in [3.63, 3.8) is 0 Å². The Labute approximate surface area is 100.0 Å². The van der Waals surface area contributed by atoms with Crippen LogP contribution in [0.4, 0.5) is 5.13 Å². The van der Waals surface area contributed by atoms with Crippen LogP contribution in [0.1, 0.15) is 12.2 Å². The number of morpholine rings is 1. The second-order valence-electron chi connectivity index (χ2n) is 3.88. The average molecular weight is 242 g/mol. The van der Waals surface area contributed by atoms with Crippen molar-refractivity contribution in [2.75, 3.05) is 44.7 Å². The van der Waals surface area contributed by atoms with E-state index in [1.54, 1.807) is 0 Å². The molecule has 0 saturated carbocycles. The molecule has 0 atom stereocenters. The van der Waals surface area contributed by atoms with Crippen LogP contribution in [-0.4, -0.2) is 53.7 Å². The lowest BCUT2D eigenvalue weighted by atomic mass is 10.3. The van der Waals surface area contributed by atoms with Crippen LogP contribution in [-0.2, 0) is 4.74 Å². The minimum absolute atomic E-state index is 0.848. The first-order valence-electron chi connectivity index (χ1n) is 5.69. The minimum Gasteiger partial charge on any atom is -0.379 e. The number of nitrogens with one attached hydrogen (secondary N) is 1. The number of hydrogen-bond donors (Lipinski definition) is 1. The Kier molecular flexibility index (Phi) is 4.50. The van der Waals surface area contributed by atoms with E-state index in [9.17, 15) is 0 Å². The summed E-state index contributed by atoms with van der Waals surface area (Å²) in [7, 11) is 0. The van der Waals surface area contributed by atoms with Crippen molar-refractivity contribution in [3.05, 3.63) is 5.82 Å². The van der Waals surface area contributed by atoms with Gasteiger partial charge in [-0.2, -0.15) is 4.37 Å². The Morgan fingerprint density at radius 1 is 1.44 bits per heavy atom. The lowest BCUT2D eigenvalue weighted by Crippen LogP contribution is -2.37. The number of nitrogens with zero attached hydrogens (tertiary/aromatic N) is 3. The van der Waals surface area contributed by atoms with Crippen molar-refractivity contribution < 1.29 is 4.74 Å². The number of rotatable bonds is 5. The van der Waals surface area contributed by atoms with E-state index in [1.807, 2.05) is 6.92 Å². The molecule has 2 heterocycles. The number of aryl methyl sites for hydroxylation is 1. The fraction of sp³-hybridized carbons (Fsp3) is 0.800. The Bertz CT molecular complexity index is 312. The summed E-state index contributed by atoms with van der Waals surface area (Å²) < 4.78 is 9.43. The Morgan fingerprint density at radius 3 is 2.94 bits per heavy atom. The van der Waals surface area contributed by atoms with Crippen molar-refractivity contribution in [1.29, 1.82) is 0 Å². The van der Waals surface area contributed by atoms with E-state index >= 15 is 0 Å². The zero-order valence-corrected chi connectivity index (χ0v) is 10.4. The summed E-state index contributed by atoms with van der Waals surface area (Å²) in [6.07, 6.45) is 1.14. The quantitative estimate of drug-likeness (QED) is 0.780. The standard InChI is InChI=1S/C10H18N4OS/c1-9-12-10(16-13-9)11-3-2-4-14-5-7-15-8-6-14/h2-8H2,1H3,(H,11,12,13). The molecule has 1 aromatic rings. The number of aromatic nitrogens is 2. The molecule has 0 amide bonds. The van der Waals surface area contributed by atoms with Crippen LogP contribution in [0.15, 0.2) is 0 Å². The zero-order valence-electron chi connectivity index (χ0n) is 9.61. The third-order valence-electron chi connectivity index (χ3n) is 2.56. The monoisotopic (exact) mass is 242 g/mol. The summed E-state index contributed by atoms with van der Waals surface area (Å²) in [5, 5.41) is 4.22. The summed E-state index contributed by atoms with van der Waals surface area (Å²) in [6, 6.07) is 0. The van der Waals surface area contributed by atoms with E-state index in [-0.39, 0.29) is 0 Å². The summed E-state index contributed by atoms with van der Waals surface area (Å²) >= 11 is 1.43. The van der Waals surface area contributed by atoms with Crippen molar-refractivity contribution in [3.8, 4) is 0 Å². The predicted octanol–water partition coefficient (Wildman–Crippen LogP) is 0.981. The maximum absolute atomic E-state index is 5.30.